The van der Waals surface area contributed by atoms with Gasteiger partial charge in [-0.3, -0.25) is 4.79 Å². The summed E-state index contributed by atoms with van der Waals surface area (Å²) in [6, 6.07) is 6.16. The first kappa shape index (κ1) is 10.2. The highest BCUT2D eigenvalue weighted by Crippen LogP contribution is 2.23. The Morgan fingerprint density at radius 3 is 2.93 bits per heavy atom. The van der Waals surface area contributed by atoms with Gasteiger partial charge in [-0.05, 0) is 23.6 Å². The molecule has 0 aliphatic carbocycles. The second-order valence-corrected chi connectivity index (χ2v) is 3.86. The molecule has 80 valence electrons. The minimum atomic E-state index is 0.130. The number of carbonyl (C=O) groups excluding carboxylic acids is 1. The van der Waals surface area contributed by atoms with Gasteiger partial charge in [0.1, 0.15) is 0 Å². The number of amides is 1. The quantitative estimate of drug-likeness (QED) is 0.803. The van der Waals surface area contributed by atoms with E-state index >= 15 is 0 Å². The molecule has 1 aliphatic rings. The van der Waals surface area contributed by atoms with Crippen molar-refractivity contribution in [3.8, 4) is 0 Å². The van der Waals surface area contributed by atoms with E-state index in [2.05, 4.69) is 19.1 Å². The standard InChI is InChI=1S/C12H16N2O/c1-2-9-3-4-10-8-14(6-5-13)12(15)11(10)7-9/h3-4,7H,2,5-6,8,13H2,1H3. The Kier molecular flexibility index (Phi) is 2.73. The van der Waals surface area contributed by atoms with Crippen LogP contribution in [0.2, 0.25) is 0 Å². The first-order chi connectivity index (χ1) is 7.26. The number of nitrogens with two attached hydrogens (primary N) is 1. The fourth-order valence-electron chi connectivity index (χ4n) is 1.96. The summed E-state index contributed by atoms with van der Waals surface area (Å²) in [6.45, 7) is 3.99. The highest BCUT2D eigenvalue weighted by atomic mass is 16.2. The van der Waals surface area contributed by atoms with Crippen molar-refractivity contribution < 1.29 is 4.79 Å². The Bertz CT molecular complexity index is 387. The fourth-order valence-corrected chi connectivity index (χ4v) is 1.96. The van der Waals surface area contributed by atoms with Crippen molar-refractivity contribution in [1.82, 2.24) is 4.90 Å². The zero-order valence-corrected chi connectivity index (χ0v) is 8.99. The topological polar surface area (TPSA) is 46.3 Å². The van der Waals surface area contributed by atoms with Crippen LogP contribution in [0.5, 0.6) is 0 Å². The molecule has 15 heavy (non-hydrogen) atoms. The number of fused-ring (bicyclic) bond motifs is 1. The minimum absolute atomic E-state index is 0.130. The number of benzene rings is 1. The van der Waals surface area contributed by atoms with Gasteiger partial charge in [-0.1, -0.05) is 19.1 Å². The molecule has 2 N–H and O–H groups in total. The van der Waals surface area contributed by atoms with E-state index in [0.717, 1.165) is 24.1 Å². The van der Waals surface area contributed by atoms with Crippen LogP contribution in [0, 0.1) is 0 Å². The molecule has 0 bridgehead atoms. The van der Waals surface area contributed by atoms with Crippen LogP contribution >= 0.6 is 0 Å². The van der Waals surface area contributed by atoms with E-state index in [1.165, 1.54) is 5.56 Å². The third kappa shape index (κ3) is 1.75. The van der Waals surface area contributed by atoms with E-state index in [-0.39, 0.29) is 5.91 Å². The van der Waals surface area contributed by atoms with Gasteiger partial charge in [-0.2, -0.15) is 0 Å². The largest absolute Gasteiger partial charge is 0.333 e. The molecule has 1 aromatic rings. The average Bonchev–Trinajstić information content (AvgIpc) is 2.56. The smallest absolute Gasteiger partial charge is 0.254 e. The summed E-state index contributed by atoms with van der Waals surface area (Å²) in [5.74, 6) is 0.130. The highest BCUT2D eigenvalue weighted by Gasteiger charge is 2.26. The van der Waals surface area contributed by atoms with E-state index in [4.69, 9.17) is 5.73 Å². The molecule has 0 fully saturated rings. The van der Waals surface area contributed by atoms with Gasteiger partial charge in [0.2, 0.25) is 0 Å². The van der Waals surface area contributed by atoms with Crippen LogP contribution in [-0.4, -0.2) is 23.9 Å². The van der Waals surface area contributed by atoms with E-state index < -0.39 is 0 Å². The molecule has 3 nitrogen and oxygen atoms in total. The van der Waals surface area contributed by atoms with Crippen LogP contribution in [0.3, 0.4) is 0 Å². The van der Waals surface area contributed by atoms with Gasteiger partial charge in [0.05, 0.1) is 0 Å². The van der Waals surface area contributed by atoms with Crippen molar-refractivity contribution >= 4 is 5.91 Å². The Morgan fingerprint density at radius 1 is 1.47 bits per heavy atom. The molecule has 1 amide bonds. The van der Waals surface area contributed by atoms with E-state index in [1.807, 2.05) is 11.0 Å². The number of nitrogens with zero attached hydrogens (tertiary/aromatic N) is 1. The maximum Gasteiger partial charge on any atom is 0.254 e. The molecule has 0 unspecified atom stereocenters. The van der Waals surface area contributed by atoms with Gasteiger partial charge < -0.3 is 10.6 Å². The monoisotopic (exact) mass is 204 g/mol. The predicted octanol–water partition coefficient (Wildman–Crippen LogP) is 1.16. The maximum absolute atomic E-state index is 11.9. The Balaban J connectivity index is 2.29. The molecule has 0 atom stereocenters. The average molecular weight is 204 g/mol. The molecule has 0 saturated carbocycles. The van der Waals surface area contributed by atoms with E-state index in [9.17, 15) is 4.79 Å². The summed E-state index contributed by atoms with van der Waals surface area (Å²) in [6.07, 6.45) is 0.970. The van der Waals surface area contributed by atoms with Crippen LogP contribution in [-0.2, 0) is 13.0 Å². The van der Waals surface area contributed by atoms with Crippen LogP contribution < -0.4 is 5.73 Å². The van der Waals surface area contributed by atoms with Crippen molar-refractivity contribution in [2.75, 3.05) is 13.1 Å². The second-order valence-electron chi connectivity index (χ2n) is 3.86. The predicted molar refractivity (Wildman–Crippen MR) is 59.6 cm³/mol. The van der Waals surface area contributed by atoms with Gasteiger partial charge in [0.15, 0.2) is 0 Å². The number of rotatable bonds is 3. The first-order valence-electron chi connectivity index (χ1n) is 5.37. The van der Waals surface area contributed by atoms with Crippen LogP contribution in [0.4, 0.5) is 0 Å². The summed E-state index contributed by atoms with van der Waals surface area (Å²) in [7, 11) is 0. The van der Waals surface area contributed by atoms with Crippen LogP contribution in [0.25, 0.3) is 0 Å². The van der Waals surface area contributed by atoms with Gasteiger partial charge in [0.25, 0.3) is 5.91 Å². The lowest BCUT2D eigenvalue weighted by Crippen LogP contribution is -2.29. The molecular weight excluding hydrogens is 188 g/mol. The Morgan fingerprint density at radius 2 is 2.27 bits per heavy atom. The fraction of sp³-hybridized carbons (Fsp3) is 0.417. The summed E-state index contributed by atoms with van der Waals surface area (Å²) in [5.41, 5.74) is 8.68. The lowest BCUT2D eigenvalue weighted by molar-refractivity contribution is 0.0783. The van der Waals surface area contributed by atoms with Crippen LogP contribution in [0.15, 0.2) is 18.2 Å². The van der Waals surface area contributed by atoms with Crippen molar-refractivity contribution in [2.45, 2.75) is 19.9 Å². The molecule has 2 rings (SSSR count). The molecule has 0 saturated heterocycles. The van der Waals surface area contributed by atoms with Crippen molar-refractivity contribution in [1.29, 1.82) is 0 Å². The maximum atomic E-state index is 11.9. The molecular formula is C12H16N2O. The van der Waals surface area contributed by atoms with Gasteiger partial charge in [-0.15, -0.1) is 0 Å². The molecule has 3 heteroatoms. The van der Waals surface area contributed by atoms with E-state index in [0.29, 0.717) is 13.1 Å². The zero-order valence-electron chi connectivity index (χ0n) is 8.99. The van der Waals surface area contributed by atoms with Gasteiger partial charge >= 0.3 is 0 Å². The summed E-state index contributed by atoms with van der Waals surface area (Å²) >= 11 is 0. The van der Waals surface area contributed by atoms with Crippen LogP contribution in [0.1, 0.15) is 28.4 Å². The molecule has 1 aromatic carbocycles. The molecule has 1 heterocycles. The molecule has 1 aliphatic heterocycles. The number of carbonyl (C=O) groups is 1. The normalized spacial score (nSPS) is 14.5. The number of hydrogen-bond donors (Lipinski definition) is 1. The Hall–Kier alpha value is -1.35. The van der Waals surface area contributed by atoms with Crippen molar-refractivity contribution in [3.63, 3.8) is 0 Å². The van der Waals surface area contributed by atoms with Crippen molar-refractivity contribution in [3.05, 3.63) is 34.9 Å². The second kappa shape index (κ2) is 4.03. The number of hydrogen-bond acceptors (Lipinski definition) is 2. The molecule has 0 aromatic heterocycles. The SMILES string of the molecule is CCc1ccc2c(c1)C(=O)N(CCN)C2. The van der Waals surface area contributed by atoms with Gasteiger partial charge in [0, 0.05) is 25.2 Å². The third-order valence-electron chi connectivity index (χ3n) is 2.86. The minimum Gasteiger partial charge on any atom is -0.333 e. The lowest BCUT2D eigenvalue weighted by Gasteiger charge is -2.13. The summed E-state index contributed by atoms with van der Waals surface area (Å²) < 4.78 is 0. The van der Waals surface area contributed by atoms with E-state index in [1.54, 1.807) is 0 Å². The summed E-state index contributed by atoms with van der Waals surface area (Å²) in [5, 5.41) is 0. The lowest BCUT2D eigenvalue weighted by atomic mass is 10.0. The first-order valence-corrected chi connectivity index (χ1v) is 5.37. The third-order valence-corrected chi connectivity index (χ3v) is 2.86. The highest BCUT2D eigenvalue weighted by molar-refractivity contribution is 5.98. The molecule has 0 radical (unpaired) electrons. The zero-order chi connectivity index (χ0) is 10.8. The molecule has 0 spiro atoms. The Labute approximate surface area is 89.9 Å². The van der Waals surface area contributed by atoms with Crippen molar-refractivity contribution in [2.24, 2.45) is 5.73 Å². The van der Waals surface area contributed by atoms with Gasteiger partial charge in [-0.25, -0.2) is 0 Å². The number of aryl methyl sites for hydroxylation is 1. The summed E-state index contributed by atoms with van der Waals surface area (Å²) in [4.78, 5) is 13.7.